The first kappa shape index (κ1) is 28.6. The summed E-state index contributed by atoms with van der Waals surface area (Å²) in [5, 5.41) is 2.09. The van der Waals surface area contributed by atoms with Gasteiger partial charge in [-0.3, -0.25) is 0 Å². The van der Waals surface area contributed by atoms with Gasteiger partial charge in [0.15, 0.2) is 0 Å². The zero-order valence-electron chi connectivity index (χ0n) is 26.6. The molecule has 0 saturated carbocycles. The number of benzene rings is 6. The highest BCUT2D eigenvalue weighted by molar-refractivity contribution is 6.66. The largest absolute Gasteiger partial charge is 0.495 e. The van der Waals surface area contributed by atoms with E-state index in [1.165, 1.54) is 38.9 Å². The molecule has 0 spiro atoms. The van der Waals surface area contributed by atoms with E-state index >= 15 is 0 Å². The quantitative estimate of drug-likeness (QED) is 0.185. The number of hydrogen-bond acceptors (Lipinski definition) is 3. The van der Waals surface area contributed by atoms with Crippen LogP contribution < -0.4 is 5.46 Å². The van der Waals surface area contributed by atoms with Crippen LogP contribution in [-0.4, -0.2) is 18.3 Å². The molecular weight excluding hydrogens is 563 g/mol. The Kier molecular flexibility index (Phi) is 6.75. The summed E-state index contributed by atoms with van der Waals surface area (Å²) < 4.78 is 19.4. The summed E-state index contributed by atoms with van der Waals surface area (Å²) in [6, 6.07) is 49.4. The van der Waals surface area contributed by atoms with Gasteiger partial charge in [0, 0.05) is 10.8 Å². The van der Waals surface area contributed by atoms with Crippen LogP contribution in [0.3, 0.4) is 0 Å². The lowest BCUT2D eigenvalue weighted by Gasteiger charge is -2.32. The molecule has 0 unspecified atom stereocenters. The molecule has 0 atom stereocenters. The Labute approximate surface area is 270 Å². The van der Waals surface area contributed by atoms with E-state index in [4.69, 9.17) is 13.7 Å². The molecule has 1 aromatic heterocycles. The Balaban J connectivity index is 1.24. The van der Waals surface area contributed by atoms with Crippen molar-refractivity contribution in [1.29, 1.82) is 0 Å². The lowest BCUT2D eigenvalue weighted by molar-refractivity contribution is 0.00578. The van der Waals surface area contributed by atoms with E-state index in [2.05, 4.69) is 155 Å². The molecule has 8 rings (SSSR count). The van der Waals surface area contributed by atoms with Crippen LogP contribution in [-0.2, 0) is 9.31 Å². The summed E-state index contributed by atoms with van der Waals surface area (Å²) in [5.41, 5.74) is 11.3. The van der Waals surface area contributed by atoms with Crippen LogP contribution in [0.4, 0.5) is 0 Å². The van der Waals surface area contributed by atoms with E-state index in [1.807, 2.05) is 12.1 Å². The van der Waals surface area contributed by atoms with Crippen LogP contribution in [0, 0.1) is 0 Å². The average Bonchev–Trinajstić information content (AvgIpc) is 3.57. The molecule has 1 aliphatic heterocycles. The average molecular weight is 599 g/mol. The predicted octanol–water partition coefficient (Wildman–Crippen LogP) is 10.6. The SMILES string of the molecule is CC1(C)OB(c2cccc3oc4ccc(-c5ccc(-c6ccc(-c7ccccc7)cc6)cc5-c5ccccc5)cc4c23)OC1(C)C. The summed E-state index contributed by atoms with van der Waals surface area (Å²) in [5.74, 6) is 0. The third kappa shape index (κ3) is 4.86. The van der Waals surface area contributed by atoms with Crippen LogP contribution in [0.15, 0.2) is 144 Å². The van der Waals surface area contributed by atoms with E-state index in [-0.39, 0.29) is 0 Å². The number of rotatable bonds is 5. The minimum absolute atomic E-state index is 0.432. The van der Waals surface area contributed by atoms with E-state index in [1.54, 1.807) is 0 Å². The van der Waals surface area contributed by atoms with Crippen molar-refractivity contribution in [3.63, 3.8) is 0 Å². The third-order valence-corrected chi connectivity index (χ3v) is 9.78. The van der Waals surface area contributed by atoms with Gasteiger partial charge in [-0.25, -0.2) is 0 Å². The van der Waals surface area contributed by atoms with Crippen molar-refractivity contribution >= 4 is 34.5 Å². The number of hydrogen-bond donors (Lipinski definition) is 0. The molecule has 2 heterocycles. The zero-order chi connectivity index (χ0) is 31.5. The Hall–Kier alpha value is -4.90. The topological polar surface area (TPSA) is 31.6 Å². The molecule has 0 N–H and O–H groups in total. The normalized spacial score (nSPS) is 15.5. The second-order valence-corrected chi connectivity index (χ2v) is 13.2. The van der Waals surface area contributed by atoms with Gasteiger partial charge in [0.25, 0.3) is 0 Å². The first-order valence-corrected chi connectivity index (χ1v) is 15.9. The smallest absolute Gasteiger partial charge is 0.456 e. The van der Waals surface area contributed by atoms with Crippen molar-refractivity contribution in [3.8, 4) is 44.5 Å². The summed E-state index contributed by atoms with van der Waals surface area (Å²) in [6.45, 7) is 8.35. The third-order valence-electron chi connectivity index (χ3n) is 9.78. The summed E-state index contributed by atoms with van der Waals surface area (Å²) >= 11 is 0. The fraction of sp³-hybridized carbons (Fsp3) is 0.143. The Morgan fingerprint density at radius 1 is 0.435 bits per heavy atom. The zero-order valence-corrected chi connectivity index (χ0v) is 26.6. The maximum absolute atomic E-state index is 6.49. The lowest BCUT2D eigenvalue weighted by atomic mass is 9.76. The molecule has 1 fully saturated rings. The van der Waals surface area contributed by atoms with Crippen molar-refractivity contribution in [1.82, 2.24) is 0 Å². The Morgan fingerprint density at radius 2 is 1.00 bits per heavy atom. The minimum atomic E-state index is -0.481. The van der Waals surface area contributed by atoms with Gasteiger partial charge in [0.1, 0.15) is 11.2 Å². The Morgan fingerprint density at radius 3 is 1.67 bits per heavy atom. The maximum Gasteiger partial charge on any atom is 0.495 e. The highest BCUT2D eigenvalue weighted by Crippen LogP contribution is 2.41. The standard InChI is InChI=1S/C42H35BO3/c1-41(2)42(3,4)46-43(45-41)37-16-11-17-39-40(37)36-27-33(23-25-38(36)44-39)34-24-22-32(26-35(34)31-14-9-6-10-15-31)30-20-18-29(19-21-30)28-12-7-5-8-13-28/h5-27H,1-4H3. The van der Waals surface area contributed by atoms with E-state index in [0.29, 0.717) is 0 Å². The molecule has 46 heavy (non-hydrogen) atoms. The van der Waals surface area contributed by atoms with Crippen molar-refractivity contribution in [3.05, 3.63) is 140 Å². The lowest BCUT2D eigenvalue weighted by Crippen LogP contribution is -2.41. The molecule has 1 saturated heterocycles. The fourth-order valence-electron chi connectivity index (χ4n) is 6.51. The van der Waals surface area contributed by atoms with Crippen molar-refractivity contribution in [2.24, 2.45) is 0 Å². The first-order valence-electron chi connectivity index (χ1n) is 15.9. The van der Waals surface area contributed by atoms with Gasteiger partial charge in [-0.1, -0.05) is 115 Å². The molecule has 4 heteroatoms. The van der Waals surface area contributed by atoms with Crippen LogP contribution in [0.1, 0.15) is 27.7 Å². The Bertz CT molecular complexity index is 2180. The van der Waals surface area contributed by atoms with Crippen LogP contribution in [0.5, 0.6) is 0 Å². The van der Waals surface area contributed by atoms with Gasteiger partial charge in [-0.15, -0.1) is 0 Å². The van der Waals surface area contributed by atoms with E-state index < -0.39 is 18.3 Å². The van der Waals surface area contributed by atoms with Gasteiger partial charge in [0.2, 0.25) is 0 Å². The molecule has 0 aliphatic carbocycles. The van der Waals surface area contributed by atoms with Gasteiger partial charge in [-0.05, 0) is 102 Å². The highest BCUT2D eigenvalue weighted by atomic mass is 16.7. The molecule has 1 aliphatic rings. The minimum Gasteiger partial charge on any atom is -0.456 e. The van der Waals surface area contributed by atoms with E-state index in [9.17, 15) is 0 Å². The van der Waals surface area contributed by atoms with Crippen LogP contribution >= 0.6 is 0 Å². The van der Waals surface area contributed by atoms with Gasteiger partial charge < -0.3 is 13.7 Å². The monoisotopic (exact) mass is 598 g/mol. The van der Waals surface area contributed by atoms with Crippen LogP contribution in [0.2, 0.25) is 0 Å². The first-order chi connectivity index (χ1) is 22.3. The highest BCUT2D eigenvalue weighted by Gasteiger charge is 2.52. The van der Waals surface area contributed by atoms with Gasteiger partial charge in [0.05, 0.1) is 11.2 Å². The molecule has 6 aromatic carbocycles. The van der Waals surface area contributed by atoms with Crippen molar-refractivity contribution in [2.75, 3.05) is 0 Å². The van der Waals surface area contributed by atoms with Gasteiger partial charge in [-0.2, -0.15) is 0 Å². The molecule has 0 amide bonds. The van der Waals surface area contributed by atoms with Crippen molar-refractivity contribution in [2.45, 2.75) is 38.9 Å². The summed E-state index contributed by atoms with van der Waals surface area (Å²) in [7, 11) is -0.481. The second-order valence-electron chi connectivity index (χ2n) is 13.2. The predicted molar refractivity (Wildman–Crippen MR) is 191 cm³/mol. The molecule has 0 bridgehead atoms. The number of furan rings is 1. The maximum atomic E-state index is 6.49. The molecule has 224 valence electrons. The molecule has 3 nitrogen and oxygen atoms in total. The van der Waals surface area contributed by atoms with Crippen molar-refractivity contribution < 1.29 is 13.7 Å². The van der Waals surface area contributed by atoms with E-state index in [0.717, 1.165) is 33.0 Å². The summed E-state index contributed by atoms with van der Waals surface area (Å²) in [6.07, 6.45) is 0. The summed E-state index contributed by atoms with van der Waals surface area (Å²) in [4.78, 5) is 0. The molecular formula is C42H35BO3. The fourth-order valence-corrected chi connectivity index (χ4v) is 6.51. The number of fused-ring (bicyclic) bond motifs is 3. The second kappa shape index (κ2) is 10.9. The molecule has 7 aromatic rings. The van der Waals surface area contributed by atoms with Gasteiger partial charge >= 0.3 is 7.12 Å². The molecule has 0 radical (unpaired) electrons. The van der Waals surface area contributed by atoms with Crippen LogP contribution in [0.25, 0.3) is 66.4 Å².